The maximum atomic E-state index is 12.9. The summed E-state index contributed by atoms with van der Waals surface area (Å²) in [7, 11) is 0. The highest BCUT2D eigenvalue weighted by Crippen LogP contribution is 2.26. The van der Waals surface area contributed by atoms with Gasteiger partial charge in [0.2, 0.25) is 0 Å². The van der Waals surface area contributed by atoms with Crippen LogP contribution in [-0.2, 0) is 0 Å². The van der Waals surface area contributed by atoms with Crippen LogP contribution in [-0.4, -0.2) is 5.75 Å². The fourth-order valence-electron chi connectivity index (χ4n) is 1.12. The van der Waals surface area contributed by atoms with Crippen molar-refractivity contribution >= 4 is 17.4 Å². The first-order valence-electron chi connectivity index (χ1n) is 4.79. The molecular weight excluding hydrogens is 211 g/mol. The van der Waals surface area contributed by atoms with Gasteiger partial charge in [-0.05, 0) is 36.8 Å². The second-order valence-corrected chi connectivity index (χ2v) is 4.28. The molecule has 0 atom stereocenters. The minimum absolute atomic E-state index is 0.260. The summed E-state index contributed by atoms with van der Waals surface area (Å²) in [4.78, 5) is 0.784. The number of hydrogen-bond acceptors (Lipinski definition) is 3. The maximum absolute atomic E-state index is 12.9. The van der Waals surface area contributed by atoms with E-state index in [1.54, 1.807) is 6.07 Å². The quantitative estimate of drug-likeness (QED) is 0.474. The van der Waals surface area contributed by atoms with Gasteiger partial charge in [0.15, 0.2) is 0 Å². The number of hydrogen-bond donors (Lipinski definition) is 1. The molecule has 0 fully saturated rings. The Hall–Kier alpha value is -1.21. The summed E-state index contributed by atoms with van der Waals surface area (Å²) < 4.78 is 12.9. The van der Waals surface area contributed by atoms with Gasteiger partial charge in [-0.15, -0.1) is 11.8 Å². The number of thioether (sulfide) groups is 1. The van der Waals surface area contributed by atoms with E-state index >= 15 is 0 Å². The minimum Gasteiger partial charge on any atom is -0.398 e. The number of nitriles is 1. The molecule has 80 valence electrons. The van der Waals surface area contributed by atoms with Gasteiger partial charge in [0.25, 0.3) is 0 Å². The standard InChI is InChI=1S/C11H13FN2S/c12-9-4-5-10(14)11(8-9)15-7-3-1-2-6-13/h4-5,8H,1-3,7,14H2. The van der Waals surface area contributed by atoms with Crippen LogP contribution < -0.4 is 5.73 Å². The van der Waals surface area contributed by atoms with E-state index < -0.39 is 0 Å². The van der Waals surface area contributed by atoms with E-state index in [4.69, 9.17) is 11.0 Å². The summed E-state index contributed by atoms with van der Waals surface area (Å²) in [6.07, 6.45) is 2.42. The molecule has 0 aliphatic heterocycles. The smallest absolute Gasteiger partial charge is 0.124 e. The van der Waals surface area contributed by atoms with Gasteiger partial charge in [-0.3, -0.25) is 0 Å². The second-order valence-electron chi connectivity index (χ2n) is 3.15. The van der Waals surface area contributed by atoms with Crippen LogP contribution >= 0.6 is 11.8 Å². The highest BCUT2D eigenvalue weighted by atomic mass is 32.2. The highest BCUT2D eigenvalue weighted by Gasteiger charge is 2.01. The molecule has 0 unspecified atom stereocenters. The lowest BCUT2D eigenvalue weighted by Crippen LogP contribution is -1.90. The van der Waals surface area contributed by atoms with E-state index in [-0.39, 0.29) is 5.82 Å². The van der Waals surface area contributed by atoms with Crippen LogP contribution in [0.15, 0.2) is 23.1 Å². The number of unbranched alkanes of at least 4 members (excludes halogenated alkanes) is 2. The lowest BCUT2D eigenvalue weighted by Gasteiger charge is -2.04. The molecule has 15 heavy (non-hydrogen) atoms. The Kier molecular flexibility index (Phi) is 4.99. The predicted molar refractivity (Wildman–Crippen MR) is 61.0 cm³/mol. The normalized spacial score (nSPS) is 9.87. The Morgan fingerprint density at radius 2 is 2.20 bits per heavy atom. The first kappa shape index (κ1) is 11.9. The Balaban J connectivity index is 2.37. The molecule has 0 aliphatic carbocycles. The summed E-state index contributed by atoms with van der Waals surface area (Å²) >= 11 is 1.54. The molecule has 4 heteroatoms. The van der Waals surface area contributed by atoms with E-state index in [0.29, 0.717) is 12.1 Å². The summed E-state index contributed by atoms with van der Waals surface area (Å²) in [5, 5.41) is 8.34. The van der Waals surface area contributed by atoms with Crippen LogP contribution in [0.1, 0.15) is 19.3 Å². The van der Waals surface area contributed by atoms with Gasteiger partial charge in [-0.2, -0.15) is 5.26 Å². The van der Waals surface area contributed by atoms with Crippen molar-refractivity contribution in [3.8, 4) is 6.07 Å². The molecule has 0 amide bonds. The van der Waals surface area contributed by atoms with Crippen molar-refractivity contribution in [1.29, 1.82) is 5.26 Å². The molecule has 1 rings (SSSR count). The van der Waals surface area contributed by atoms with Gasteiger partial charge in [-0.1, -0.05) is 0 Å². The number of halogens is 1. The third kappa shape index (κ3) is 4.22. The zero-order valence-corrected chi connectivity index (χ0v) is 9.19. The summed E-state index contributed by atoms with van der Waals surface area (Å²) in [5.41, 5.74) is 6.30. The topological polar surface area (TPSA) is 49.8 Å². The van der Waals surface area contributed by atoms with Crippen LogP contribution in [0.5, 0.6) is 0 Å². The molecule has 0 radical (unpaired) electrons. The average Bonchev–Trinajstić information content (AvgIpc) is 2.23. The van der Waals surface area contributed by atoms with Gasteiger partial charge in [-0.25, -0.2) is 4.39 Å². The fourth-order valence-corrected chi connectivity index (χ4v) is 2.12. The number of nitrogens with two attached hydrogens (primary N) is 1. The molecule has 0 saturated carbocycles. The van der Waals surface area contributed by atoms with Crippen LogP contribution in [0.2, 0.25) is 0 Å². The molecule has 0 spiro atoms. The number of anilines is 1. The highest BCUT2D eigenvalue weighted by molar-refractivity contribution is 7.99. The Labute approximate surface area is 93.3 Å². The molecule has 0 saturated heterocycles. The molecule has 1 aromatic carbocycles. The minimum atomic E-state index is -0.260. The number of nitrogens with zero attached hydrogens (tertiary/aromatic N) is 1. The van der Waals surface area contributed by atoms with Crippen molar-refractivity contribution in [2.75, 3.05) is 11.5 Å². The van der Waals surface area contributed by atoms with E-state index in [1.807, 2.05) is 0 Å². The van der Waals surface area contributed by atoms with E-state index in [1.165, 1.54) is 23.9 Å². The molecule has 0 heterocycles. The van der Waals surface area contributed by atoms with Gasteiger partial charge in [0.05, 0.1) is 6.07 Å². The second kappa shape index (κ2) is 6.31. The van der Waals surface area contributed by atoms with Crippen LogP contribution in [0.25, 0.3) is 0 Å². The molecule has 2 N–H and O–H groups in total. The largest absolute Gasteiger partial charge is 0.398 e. The van der Waals surface area contributed by atoms with Gasteiger partial charge < -0.3 is 5.73 Å². The van der Waals surface area contributed by atoms with Crippen LogP contribution in [0.3, 0.4) is 0 Å². The lowest BCUT2D eigenvalue weighted by atomic mass is 10.3. The first-order valence-corrected chi connectivity index (χ1v) is 5.77. The fraction of sp³-hybridized carbons (Fsp3) is 0.364. The number of nitrogen functional groups attached to an aromatic ring is 1. The number of benzene rings is 1. The SMILES string of the molecule is N#CCCCCSc1cc(F)ccc1N. The van der Waals surface area contributed by atoms with E-state index in [0.717, 1.165) is 23.5 Å². The van der Waals surface area contributed by atoms with Gasteiger partial charge in [0.1, 0.15) is 5.82 Å². The Morgan fingerprint density at radius 1 is 1.40 bits per heavy atom. The zero-order valence-electron chi connectivity index (χ0n) is 8.37. The van der Waals surface area contributed by atoms with Crippen molar-refractivity contribution in [3.63, 3.8) is 0 Å². The summed E-state index contributed by atoms with van der Waals surface area (Å²) in [6.45, 7) is 0. The molecular formula is C11H13FN2S. The molecule has 2 nitrogen and oxygen atoms in total. The van der Waals surface area contributed by atoms with Crippen LogP contribution in [0, 0.1) is 17.1 Å². The zero-order chi connectivity index (χ0) is 11.1. The molecule has 0 bridgehead atoms. The Morgan fingerprint density at radius 3 is 2.93 bits per heavy atom. The van der Waals surface area contributed by atoms with Crippen molar-refractivity contribution in [3.05, 3.63) is 24.0 Å². The Bertz CT molecular complexity index is 360. The molecule has 1 aromatic rings. The predicted octanol–water partition coefficient (Wildman–Crippen LogP) is 3.19. The third-order valence-electron chi connectivity index (χ3n) is 1.92. The monoisotopic (exact) mass is 224 g/mol. The van der Waals surface area contributed by atoms with Crippen molar-refractivity contribution in [2.45, 2.75) is 24.2 Å². The average molecular weight is 224 g/mol. The number of rotatable bonds is 5. The lowest BCUT2D eigenvalue weighted by molar-refractivity contribution is 0.624. The first-order chi connectivity index (χ1) is 7.24. The molecule has 0 aromatic heterocycles. The van der Waals surface area contributed by atoms with Crippen molar-refractivity contribution in [2.24, 2.45) is 0 Å². The van der Waals surface area contributed by atoms with Crippen LogP contribution in [0.4, 0.5) is 10.1 Å². The summed E-state index contributed by atoms with van der Waals surface area (Å²) in [5.74, 6) is 0.610. The molecule has 0 aliphatic rings. The maximum Gasteiger partial charge on any atom is 0.124 e. The van der Waals surface area contributed by atoms with Gasteiger partial charge in [0, 0.05) is 17.0 Å². The van der Waals surface area contributed by atoms with E-state index in [2.05, 4.69) is 6.07 Å². The third-order valence-corrected chi connectivity index (χ3v) is 3.07. The van der Waals surface area contributed by atoms with Crippen molar-refractivity contribution in [1.82, 2.24) is 0 Å². The van der Waals surface area contributed by atoms with Gasteiger partial charge >= 0.3 is 0 Å². The van der Waals surface area contributed by atoms with Crippen molar-refractivity contribution < 1.29 is 4.39 Å². The summed E-state index contributed by atoms with van der Waals surface area (Å²) in [6, 6.07) is 6.47. The van der Waals surface area contributed by atoms with E-state index in [9.17, 15) is 4.39 Å².